The van der Waals surface area contributed by atoms with Crippen LogP contribution in [0, 0.1) is 0 Å². The van der Waals surface area contributed by atoms with Gasteiger partial charge in [0.05, 0.1) is 33.9 Å². The highest BCUT2D eigenvalue weighted by Gasteiger charge is 2.27. The fourth-order valence-corrected chi connectivity index (χ4v) is 6.24. The van der Waals surface area contributed by atoms with Crippen LogP contribution in [0.15, 0.2) is 48.6 Å². The quantitative estimate of drug-likeness (QED) is 0.0157. The second-order valence-electron chi connectivity index (χ2n) is 15.6. The molecule has 2 unspecified atom stereocenters. The van der Waals surface area contributed by atoms with Crippen LogP contribution in [0.3, 0.4) is 0 Å². The summed E-state index contributed by atoms with van der Waals surface area (Å²) in [5.41, 5.74) is 0. The molecule has 0 heterocycles. The number of carbonyl (C=O) groups excluding carboxylic acids is 2. The van der Waals surface area contributed by atoms with Gasteiger partial charge in [0.2, 0.25) is 0 Å². The van der Waals surface area contributed by atoms with Gasteiger partial charge in [-0.05, 0) is 44.9 Å². The maximum atomic E-state index is 12.7. The van der Waals surface area contributed by atoms with Gasteiger partial charge in [0.25, 0.3) is 0 Å². The van der Waals surface area contributed by atoms with Gasteiger partial charge >= 0.3 is 19.8 Å². The zero-order valence-corrected chi connectivity index (χ0v) is 36.4. The van der Waals surface area contributed by atoms with Crippen molar-refractivity contribution < 1.29 is 47.2 Å². The Morgan fingerprint density at radius 1 is 0.655 bits per heavy atom. The summed E-state index contributed by atoms with van der Waals surface area (Å²) >= 11 is 0. The molecule has 10 nitrogen and oxygen atoms in total. The minimum absolute atomic E-state index is 0.00922. The maximum absolute atomic E-state index is 12.7. The number of allylic oxidation sites excluding steroid dienone is 6. The lowest BCUT2D eigenvalue weighted by molar-refractivity contribution is -0.870. The molecule has 0 bridgehead atoms. The van der Waals surface area contributed by atoms with Gasteiger partial charge in [0.1, 0.15) is 19.8 Å². The second kappa shape index (κ2) is 36.3. The standard InChI is InChI=1S/C44H80NO9P/c1-6-8-10-12-14-16-17-18-19-21-23-27-32-36-44(48)54-42(40-53-55(49,50)52-38-37-45(3,4)5)39-51-43(47)35-31-28-24-26-30-34-41(46)33-29-25-22-20-15-13-11-9-7-2/h15,20,24-26,29-30,34,41-42,46H,6-14,16-19,21-23,27-28,31-33,35-40H2,1-5H3/p+1/b20-15-,26-24+,29-25-,34-30-/t41?,42-/m1/s1. The van der Waals surface area contributed by atoms with Crippen molar-refractivity contribution in [2.75, 3.05) is 47.5 Å². The fourth-order valence-electron chi connectivity index (χ4n) is 5.50. The number of phosphoric ester groups is 1. The molecule has 320 valence electrons. The molecule has 0 aromatic rings. The third-order valence-corrected chi connectivity index (χ3v) is 9.93. The van der Waals surface area contributed by atoms with E-state index in [-0.39, 0.29) is 26.1 Å². The summed E-state index contributed by atoms with van der Waals surface area (Å²) in [6, 6.07) is 0. The number of carbonyl (C=O) groups is 2. The molecule has 0 aliphatic heterocycles. The number of esters is 2. The highest BCUT2D eigenvalue weighted by Crippen LogP contribution is 2.43. The van der Waals surface area contributed by atoms with Gasteiger partial charge in [-0.25, -0.2) is 4.57 Å². The minimum Gasteiger partial charge on any atom is -0.462 e. The van der Waals surface area contributed by atoms with Crippen molar-refractivity contribution in [3.05, 3.63) is 48.6 Å². The number of likely N-dealkylation sites (N-methyl/N-ethyl adjacent to an activating group) is 1. The molecule has 0 aliphatic rings. The van der Waals surface area contributed by atoms with Crippen LogP contribution in [0.1, 0.15) is 162 Å². The number of aliphatic hydroxyl groups excluding tert-OH is 1. The molecule has 0 aromatic carbocycles. The summed E-state index contributed by atoms with van der Waals surface area (Å²) < 4.78 is 34.1. The third kappa shape index (κ3) is 39.9. The van der Waals surface area contributed by atoms with Gasteiger partial charge in [-0.15, -0.1) is 0 Å². The minimum atomic E-state index is -4.40. The van der Waals surface area contributed by atoms with E-state index in [4.69, 9.17) is 18.5 Å². The van der Waals surface area contributed by atoms with Crippen LogP contribution in [0.5, 0.6) is 0 Å². The van der Waals surface area contributed by atoms with E-state index in [1.54, 1.807) is 12.2 Å². The number of ether oxygens (including phenoxy) is 2. The van der Waals surface area contributed by atoms with Crippen LogP contribution < -0.4 is 0 Å². The largest absolute Gasteiger partial charge is 0.472 e. The number of rotatable bonds is 38. The third-order valence-electron chi connectivity index (χ3n) is 8.94. The Labute approximate surface area is 336 Å². The monoisotopic (exact) mass is 799 g/mol. The summed E-state index contributed by atoms with van der Waals surface area (Å²) in [5, 5.41) is 10.1. The molecule has 0 spiro atoms. The molecule has 0 saturated heterocycles. The van der Waals surface area contributed by atoms with Crippen LogP contribution in [-0.2, 0) is 32.7 Å². The summed E-state index contributed by atoms with van der Waals surface area (Å²) in [6.45, 7) is 4.21. The first kappa shape index (κ1) is 52.9. The lowest BCUT2D eigenvalue weighted by Gasteiger charge is -2.24. The maximum Gasteiger partial charge on any atom is 0.472 e. The molecule has 0 amide bonds. The van der Waals surface area contributed by atoms with Crippen molar-refractivity contribution in [2.24, 2.45) is 0 Å². The normalized spacial score (nSPS) is 14.7. The smallest absolute Gasteiger partial charge is 0.462 e. The molecular formula is C44H81NO9P+. The summed E-state index contributed by atoms with van der Waals surface area (Å²) in [6.07, 6.45) is 37.6. The molecule has 0 fully saturated rings. The van der Waals surface area contributed by atoms with Gasteiger partial charge in [0.15, 0.2) is 6.10 Å². The van der Waals surface area contributed by atoms with E-state index in [1.165, 1.54) is 77.0 Å². The van der Waals surface area contributed by atoms with Gasteiger partial charge in [-0.3, -0.25) is 18.6 Å². The van der Waals surface area contributed by atoms with E-state index in [0.717, 1.165) is 32.1 Å². The molecule has 2 N–H and O–H groups in total. The van der Waals surface area contributed by atoms with Crippen LogP contribution in [0.2, 0.25) is 0 Å². The lowest BCUT2D eigenvalue weighted by Crippen LogP contribution is -2.37. The SMILES string of the molecule is CCCCC/C=C\C/C=C\CC(O)/C=C\C=C\CCCC(=O)OC[C@H](COP(=O)(O)OCC[N+](C)(C)C)OC(=O)CCCCCCCCCCCCCCC. The number of nitrogens with zero attached hydrogens (tertiary/aromatic N) is 1. The zero-order valence-electron chi connectivity index (χ0n) is 35.5. The zero-order chi connectivity index (χ0) is 40.9. The van der Waals surface area contributed by atoms with Crippen LogP contribution in [0.4, 0.5) is 0 Å². The van der Waals surface area contributed by atoms with E-state index < -0.39 is 38.6 Å². The van der Waals surface area contributed by atoms with Crippen LogP contribution in [0.25, 0.3) is 0 Å². The molecule has 55 heavy (non-hydrogen) atoms. The van der Waals surface area contributed by atoms with Gasteiger partial charge in [-0.1, -0.05) is 152 Å². The van der Waals surface area contributed by atoms with E-state index in [9.17, 15) is 24.2 Å². The number of phosphoric acid groups is 1. The molecule has 0 aromatic heterocycles. The first-order valence-electron chi connectivity index (χ1n) is 21.5. The Balaban J connectivity index is 4.55. The van der Waals surface area contributed by atoms with E-state index >= 15 is 0 Å². The topological polar surface area (TPSA) is 129 Å². The molecule has 11 heteroatoms. The molecule has 0 saturated carbocycles. The lowest BCUT2D eigenvalue weighted by atomic mass is 10.0. The Morgan fingerprint density at radius 2 is 1.22 bits per heavy atom. The molecule has 0 aliphatic carbocycles. The average Bonchev–Trinajstić information content (AvgIpc) is 3.12. The van der Waals surface area contributed by atoms with Gasteiger partial charge in [-0.2, -0.15) is 0 Å². The van der Waals surface area contributed by atoms with Crippen molar-refractivity contribution in [3.8, 4) is 0 Å². The first-order chi connectivity index (χ1) is 26.4. The number of unbranched alkanes of at least 4 members (excludes halogenated alkanes) is 16. The predicted molar refractivity (Wildman–Crippen MR) is 226 cm³/mol. The van der Waals surface area contributed by atoms with Crippen molar-refractivity contribution in [2.45, 2.75) is 174 Å². The molecule has 0 radical (unpaired) electrons. The number of hydrogen-bond acceptors (Lipinski definition) is 8. The van der Waals surface area contributed by atoms with Gasteiger partial charge in [0, 0.05) is 12.8 Å². The van der Waals surface area contributed by atoms with Crippen molar-refractivity contribution in [1.82, 2.24) is 0 Å². The highest BCUT2D eigenvalue weighted by atomic mass is 31.2. The Bertz CT molecular complexity index is 1100. The summed E-state index contributed by atoms with van der Waals surface area (Å²) in [4.78, 5) is 35.3. The Hall–Kier alpha value is -2.07. The van der Waals surface area contributed by atoms with Crippen molar-refractivity contribution in [1.29, 1.82) is 0 Å². The molecule has 0 rings (SSSR count). The van der Waals surface area contributed by atoms with Crippen LogP contribution >= 0.6 is 7.82 Å². The molecular weight excluding hydrogens is 717 g/mol. The molecule has 3 atom stereocenters. The van der Waals surface area contributed by atoms with E-state index in [1.807, 2.05) is 39.4 Å². The first-order valence-corrected chi connectivity index (χ1v) is 23.0. The number of quaternary nitrogens is 1. The Morgan fingerprint density at radius 3 is 1.85 bits per heavy atom. The fraction of sp³-hybridized carbons (Fsp3) is 0.773. The van der Waals surface area contributed by atoms with Crippen molar-refractivity contribution in [3.63, 3.8) is 0 Å². The van der Waals surface area contributed by atoms with Gasteiger partial charge < -0.3 is 24.0 Å². The van der Waals surface area contributed by atoms with E-state index in [2.05, 4.69) is 32.1 Å². The Kier molecular flexibility index (Phi) is 34.9. The second-order valence-corrected chi connectivity index (χ2v) is 17.0. The highest BCUT2D eigenvalue weighted by molar-refractivity contribution is 7.47. The van der Waals surface area contributed by atoms with Crippen molar-refractivity contribution >= 4 is 19.8 Å². The number of hydrogen-bond donors (Lipinski definition) is 2. The average molecular weight is 799 g/mol. The summed E-state index contributed by atoms with van der Waals surface area (Å²) in [5.74, 6) is -0.929. The van der Waals surface area contributed by atoms with E-state index in [0.29, 0.717) is 36.7 Å². The number of aliphatic hydroxyl groups is 1. The summed E-state index contributed by atoms with van der Waals surface area (Å²) in [7, 11) is 1.40. The predicted octanol–water partition coefficient (Wildman–Crippen LogP) is 10.9. The van der Waals surface area contributed by atoms with Crippen LogP contribution in [-0.4, -0.2) is 86.1 Å².